The minimum atomic E-state index is -4.33. The molecule has 3 nitrogen and oxygen atoms in total. The monoisotopic (exact) mass is 308 g/mol. The van der Waals surface area contributed by atoms with Crippen molar-refractivity contribution in [3.05, 3.63) is 24.3 Å². The standard InChI is InChI=1S/C11H11F3N2OS2/c12-11(13,14)19-9-3-1-2-8(6-9)15-10(17)16-4-5-18-7-16/h1-3,6H,4-5,7H2,(H,15,17). The van der Waals surface area contributed by atoms with Crippen LogP contribution in [0.2, 0.25) is 0 Å². The van der Waals surface area contributed by atoms with Crippen molar-refractivity contribution in [1.82, 2.24) is 4.90 Å². The fourth-order valence-electron chi connectivity index (χ4n) is 1.55. The molecule has 0 spiro atoms. The van der Waals surface area contributed by atoms with Gasteiger partial charge in [0.1, 0.15) is 0 Å². The lowest BCUT2D eigenvalue weighted by Crippen LogP contribution is -2.32. The van der Waals surface area contributed by atoms with Gasteiger partial charge in [-0.2, -0.15) is 13.2 Å². The Balaban J connectivity index is 2.00. The third-order valence-electron chi connectivity index (χ3n) is 2.36. The molecule has 1 N–H and O–H groups in total. The normalized spacial score (nSPS) is 15.6. The molecule has 2 rings (SSSR count). The van der Waals surface area contributed by atoms with Gasteiger partial charge < -0.3 is 10.2 Å². The second kappa shape index (κ2) is 5.96. The molecule has 1 fully saturated rings. The largest absolute Gasteiger partial charge is 0.446 e. The summed E-state index contributed by atoms with van der Waals surface area (Å²) < 4.78 is 36.7. The highest BCUT2D eigenvalue weighted by Crippen LogP contribution is 2.37. The number of benzene rings is 1. The third kappa shape index (κ3) is 4.54. The zero-order valence-corrected chi connectivity index (χ0v) is 11.4. The summed E-state index contributed by atoms with van der Waals surface area (Å²) in [5.74, 6) is 1.50. The summed E-state index contributed by atoms with van der Waals surface area (Å²) in [6.07, 6.45) is 0. The second-order valence-electron chi connectivity index (χ2n) is 3.81. The summed E-state index contributed by atoms with van der Waals surface area (Å²) in [6.45, 7) is 0.660. The summed E-state index contributed by atoms with van der Waals surface area (Å²) in [7, 11) is 0. The molecule has 0 unspecified atom stereocenters. The Kier molecular flexibility index (Phi) is 4.51. The first kappa shape index (κ1) is 14.4. The van der Waals surface area contributed by atoms with Crippen LogP contribution in [0.5, 0.6) is 0 Å². The smallest absolute Gasteiger partial charge is 0.314 e. The summed E-state index contributed by atoms with van der Waals surface area (Å²) in [6, 6.07) is 5.46. The summed E-state index contributed by atoms with van der Waals surface area (Å²) >= 11 is 1.45. The Labute approximate surface area is 116 Å². The fraction of sp³-hybridized carbons (Fsp3) is 0.364. The summed E-state index contributed by atoms with van der Waals surface area (Å²) in [5, 5.41) is 2.60. The number of hydrogen-bond acceptors (Lipinski definition) is 3. The number of urea groups is 1. The number of anilines is 1. The van der Waals surface area contributed by atoms with E-state index in [0.717, 1.165) is 5.75 Å². The molecule has 1 aliphatic heterocycles. The lowest BCUT2D eigenvalue weighted by molar-refractivity contribution is -0.0328. The Morgan fingerprint density at radius 1 is 1.42 bits per heavy atom. The van der Waals surface area contributed by atoms with Gasteiger partial charge in [0.05, 0.1) is 5.88 Å². The van der Waals surface area contributed by atoms with Crippen LogP contribution >= 0.6 is 23.5 Å². The SMILES string of the molecule is O=C(Nc1cccc(SC(F)(F)F)c1)N1CCSC1. The van der Waals surface area contributed by atoms with Crippen molar-refractivity contribution in [3.8, 4) is 0 Å². The molecule has 8 heteroatoms. The quantitative estimate of drug-likeness (QED) is 0.843. The van der Waals surface area contributed by atoms with E-state index in [1.165, 1.54) is 18.2 Å². The van der Waals surface area contributed by atoms with E-state index in [1.807, 2.05) is 0 Å². The number of alkyl halides is 3. The van der Waals surface area contributed by atoms with Crippen molar-refractivity contribution in [2.45, 2.75) is 10.4 Å². The van der Waals surface area contributed by atoms with Crippen LogP contribution in [0.1, 0.15) is 0 Å². The maximum Gasteiger partial charge on any atom is 0.446 e. The van der Waals surface area contributed by atoms with Crippen LogP contribution in [0, 0.1) is 0 Å². The number of carbonyl (C=O) groups excluding carboxylic acids is 1. The zero-order valence-electron chi connectivity index (χ0n) is 9.74. The van der Waals surface area contributed by atoms with E-state index in [-0.39, 0.29) is 22.7 Å². The highest BCUT2D eigenvalue weighted by molar-refractivity contribution is 8.00. The molecular weight excluding hydrogens is 297 g/mol. The maximum atomic E-state index is 12.2. The molecule has 0 atom stereocenters. The van der Waals surface area contributed by atoms with Crippen molar-refractivity contribution >= 4 is 35.2 Å². The fourth-order valence-corrected chi connectivity index (χ4v) is 3.09. The molecule has 19 heavy (non-hydrogen) atoms. The van der Waals surface area contributed by atoms with Crippen LogP contribution in [-0.2, 0) is 0 Å². The van der Waals surface area contributed by atoms with Crippen molar-refractivity contribution < 1.29 is 18.0 Å². The van der Waals surface area contributed by atoms with E-state index in [4.69, 9.17) is 0 Å². The number of carbonyl (C=O) groups is 1. The molecule has 1 aliphatic rings. The van der Waals surface area contributed by atoms with Gasteiger partial charge in [-0.05, 0) is 30.0 Å². The first-order chi connectivity index (χ1) is 8.94. The molecule has 2 amide bonds. The Morgan fingerprint density at radius 3 is 2.84 bits per heavy atom. The highest BCUT2D eigenvalue weighted by Gasteiger charge is 2.29. The number of thioether (sulfide) groups is 2. The van der Waals surface area contributed by atoms with Crippen LogP contribution in [0.15, 0.2) is 29.2 Å². The minimum absolute atomic E-state index is 0.0566. The van der Waals surface area contributed by atoms with Crippen LogP contribution < -0.4 is 5.32 Å². The number of hydrogen-bond donors (Lipinski definition) is 1. The molecule has 1 heterocycles. The topological polar surface area (TPSA) is 32.3 Å². The van der Waals surface area contributed by atoms with E-state index < -0.39 is 5.51 Å². The van der Waals surface area contributed by atoms with Gasteiger partial charge >= 0.3 is 11.5 Å². The molecule has 0 aromatic heterocycles. The first-order valence-electron chi connectivity index (χ1n) is 5.43. The van der Waals surface area contributed by atoms with Crippen molar-refractivity contribution in [2.75, 3.05) is 23.5 Å². The van der Waals surface area contributed by atoms with Gasteiger partial charge in [0.25, 0.3) is 0 Å². The van der Waals surface area contributed by atoms with Crippen LogP contribution in [0.25, 0.3) is 0 Å². The molecule has 1 saturated heterocycles. The first-order valence-corrected chi connectivity index (χ1v) is 7.41. The zero-order chi connectivity index (χ0) is 13.9. The molecule has 0 saturated carbocycles. The number of nitrogens with one attached hydrogen (secondary N) is 1. The second-order valence-corrected chi connectivity index (χ2v) is 6.02. The molecule has 1 aromatic rings. The van der Waals surface area contributed by atoms with E-state index >= 15 is 0 Å². The number of amides is 2. The lowest BCUT2D eigenvalue weighted by atomic mass is 10.3. The number of halogens is 3. The lowest BCUT2D eigenvalue weighted by Gasteiger charge is -2.15. The van der Waals surface area contributed by atoms with Crippen LogP contribution in [-0.4, -0.2) is 34.6 Å². The van der Waals surface area contributed by atoms with Crippen LogP contribution in [0.4, 0.5) is 23.7 Å². The van der Waals surface area contributed by atoms with Crippen LogP contribution in [0.3, 0.4) is 0 Å². The van der Waals surface area contributed by atoms with E-state index in [0.29, 0.717) is 18.1 Å². The molecule has 0 bridgehead atoms. The average Bonchev–Trinajstić information content (AvgIpc) is 2.80. The van der Waals surface area contributed by atoms with Gasteiger partial charge in [0, 0.05) is 22.9 Å². The summed E-state index contributed by atoms with van der Waals surface area (Å²) in [4.78, 5) is 13.5. The average molecular weight is 308 g/mol. The van der Waals surface area contributed by atoms with Crippen molar-refractivity contribution in [3.63, 3.8) is 0 Å². The van der Waals surface area contributed by atoms with Gasteiger partial charge in [-0.15, -0.1) is 11.8 Å². The Hall–Kier alpha value is -1.02. The van der Waals surface area contributed by atoms with E-state index in [9.17, 15) is 18.0 Å². The minimum Gasteiger partial charge on any atom is -0.314 e. The predicted octanol–water partition coefficient (Wildman–Crippen LogP) is 3.84. The van der Waals surface area contributed by atoms with E-state index in [2.05, 4.69) is 5.32 Å². The Morgan fingerprint density at radius 2 is 2.21 bits per heavy atom. The van der Waals surface area contributed by atoms with E-state index in [1.54, 1.807) is 22.7 Å². The molecule has 1 aromatic carbocycles. The number of nitrogens with zero attached hydrogens (tertiary/aromatic N) is 1. The van der Waals surface area contributed by atoms with Gasteiger partial charge in [-0.3, -0.25) is 0 Å². The van der Waals surface area contributed by atoms with Gasteiger partial charge in [0.2, 0.25) is 0 Å². The van der Waals surface area contributed by atoms with Gasteiger partial charge in [-0.25, -0.2) is 4.79 Å². The molecule has 0 aliphatic carbocycles. The third-order valence-corrected chi connectivity index (χ3v) is 4.05. The van der Waals surface area contributed by atoms with Crippen molar-refractivity contribution in [1.29, 1.82) is 0 Å². The maximum absolute atomic E-state index is 12.2. The highest BCUT2D eigenvalue weighted by atomic mass is 32.2. The summed E-state index contributed by atoms with van der Waals surface area (Å²) in [5.41, 5.74) is -3.95. The predicted molar refractivity (Wildman–Crippen MR) is 71.4 cm³/mol. The van der Waals surface area contributed by atoms with Gasteiger partial charge in [-0.1, -0.05) is 6.07 Å². The molecule has 0 radical (unpaired) electrons. The molecule has 104 valence electrons. The Bertz CT molecular complexity index is 461. The number of rotatable bonds is 2. The molecular formula is C11H11F3N2OS2. The van der Waals surface area contributed by atoms with Crippen molar-refractivity contribution in [2.24, 2.45) is 0 Å². The van der Waals surface area contributed by atoms with Gasteiger partial charge in [0.15, 0.2) is 0 Å².